The van der Waals surface area contributed by atoms with Crippen LogP contribution in [0.3, 0.4) is 0 Å². The van der Waals surface area contributed by atoms with Gasteiger partial charge in [0, 0.05) is 40.5 Å². The summed E-state index contributed by atoms with van der Waals surface area (Å²) >= 11 is 0. The smallest absolute Gasteiger partial charge is 0.246 e. The maximum atomic E-state index is 14.1. The second-order valence-electron chi connectivity index (χ2n) is 15.2. The quantitative estimate of drug-likeness (QED) is 0.145. The van der Waals surface area contributed by atoms with Crippen molar-refractivity contribution in [2.24, 2.45) is 29.4 Å². The molecule has 0 radical (unpaired) electrons. The maximum absolute atomic E-state index is 14.1. The highest BCUT2D eigenvalue weighted by Gasteiger charge is 2.41. The highest BCUT2D eigenvalue weighted by molar-refractivity contribution is 5.96. The van der Waals surface area contributed by atoms with E-state index in [0.717, 1.165) is 24.8 Å². The van der Waals surface area contributed by atoms with Crippen molar-refractivity contribution in [2.45, 2.75) is 118 Å². The lowest BCUT2D eigenvalue weighted by molar-refractivity contribution is -0.152. The molecular formula is C40H66N6O6. The molecule has 1 aromatic carbocycles. The van der Waals surface area contributed by atoms with Crippen molar-refractivity contribution in [1.82, 2.24) is 24.9 Å². The van der Waals surface area contributed by atoms with E-state index in [9.17, 15) is 28.8 Å². The van der Waals surface area contributed by atoms with Crippen molar-refractivity contribution in [2.75, 3.05) is 28.2 Å². The number of nitrogens with one attached hydrogen (secondary N) is 1. The van der Waals surface area contributed by atoms with Crippen LogP contribution in [0.15, 0.2) is 43.0 Å². The Kier molecular flexibility index (Phi) is 18.8. The van der Waals surface area contributed by atoms with E-state index in [1.54, 1.807) is 34.9 Å². The minimum Gasteiger partial charge on any atom is -0.368 e. The van der Waals surface area contributed by atoms with Gasteiger partial charge in [0.05, 0.1) is 0 Å². The minimum atomic E-state index is -1.02. The molecule has 0 saturated heterocycles. The number of nitrogens with zero attached hydrogens (tertiary/aromatic N) is 4. The second-order valence-corrected chi connectivity index (χ2v) is 15.2. The largest absolute Gasteiger partial charge is 0.368 e. The summed E-state index contributed by atoms with van der Waals surface area (Å²) in [6, 6.07) is 4.51. The number of primary amides is 1. The second kappa shape index (κ2) is 21.3. The Balaban J connectivity index is 3.20. The average molecular weight is 727 g/mol. The predicted molar refractivity (Wildman–Crippen MR) is 206 cm³/mol. The van der Waals surface area contributed by atoms with Crippen LogP contribution < -0.4 is 11.1 Å². The molecule has 0 aliphatic carbocycles. The lowest BCUT2D eigenvalue weighted by Gasteiger charge is -2.39. The third-order valence-electron chi connectivity index (χ3n) is 9.96. The van der Waals surface area contributed by atoms with Crippen molar-refractivity contribution < 1.29 is 28.8 Å². The van der Waals surface area contributed by atoms with Gasteiger partial charge < -0.3 is 30.7 Å². The number of hydrogen-bond donors (Lipinski definition) is 2. The van der Waals surface area contributed by atoms with Crippen LogP contribution in [0.25, 0.3) is 0 Å². The molecule has 0 aliphatic heterocycles. The Morgan fingerprint density at radius 3 is 1.71 bits per heavy atom. The van der Waals surface area contributed by atoms with E-state index >= 15 is 0 Å². The first kappa shape index (κ1) is 45.8. The lowest BCUT2D eigenvalue weighted by atomic mass is 9.94. The van der Waals surface area contributed by atoms with E-state index in [0.29, 0.717) is 6.42 Å². The van der Waals surface area contributed by atoms with Gasteiger partial charge in [0.1, 0.15) is 30.2 Å². The number of carbonyl (C=O) groups is 6. The fourth-order valence-electron chi connectivity index (χ4n) is 6.56. The van der Waals surface area contributed by atoms with Crippen LogP contribution in [0.1, 0.15) is 86.6 Å². The summed E-state index contributed by atoms with van der Waals surface area (Å²) in [6.07, 6.45) is 5.47. The fraction of sp³-hybridized carbons (Fsp3) is 0.650. The molecule has 0 aliphatic rings. The number of likely N-dealkylation sites (N-methyl/N-ethyl adjacent to an activating group) is 4. The highest BCUT2D eigenvalue weighted by Crippen LogP contribution is 2.22. The Morgan fingerprint density at radius 1 is 0.692 bits per heavy atom. The molecule has 0 fully saturated rings. The van der Waals surface area contributed by atoms with Crippen molar-refractivity contribution >= 4 is 35.4 Å². The van der Waals surface area contributed by atoms with Gasteiger partial charge in [-0.25, -0.2) is 0 Å². The zero-order valence-corrected chi connectivity index (χ0v) is 33.7. The topological polar surface area (TPSA) is 153 Å². The molecule has 1 rings (SSSR count). The Hall–Kier alpha value is -4.22. The van der Waals surface area contributed by atoms with Gasteiger partial charge in [-0.2, -0.15) is 0 Å². The monoisotopic (exact) mass is 727 g/mol. The summed E-state index contributed by atoms with van der Waals surface area (Å²) in [5.41, 5.74) is 6.53. The third kappa shape index (κ3) is 12.5. The molecule has 0 heterocycles. The van der Waals surface area contributed by atoms with E-state index in [2.05, 4.69) is 11.9 Å². The van der Waals surface area contributed by atoms with Gasteiger partial charge in [-0.3, -0.25) is 28.8 Å². The van der Waals surface area contributed by atoms with Crippen LogP contribution in [0, 0.1) is 23.7 Å². The van der Waals surface area contributed by atoms with Crippen LogP contribution in [0.5, 0.6) is 0 Å². The molecular weight excluding hydrogens is 660 g/mol. The third-order valence-corrected chi connectivity index (χ3v) is 9.96. The summed E-state index contributed by atoms with van der Waals surface area (Å²) in [5.74, 6) is -3.89. The van der Waals surface area contributed by atoms with Gasteiger partial charge in [-0.1, -0.05) is 91.3 Å². The molecule has 12 nitrogen and oxygen atoms in total. The van der Waals surface area contributed by atoms with Crippen LogP contribution in [0.4, 0.5) is 0 Å². The molecule has 6 amide bonds. The van der Waals surface area contributed by atoms with Gasteiger partial charge in [0.2, 0.25) is 35.4 Å². The first-order chi connectivity index (χ1) is 24.2. The van der Waals surface area contributed by atoms with Crippen LogP contribution in [-0.4, -0.2) is 113 Å². The summed E-state index contributed by atoms with van der Waals surface area (Å²) in [7, 11) is 6.16. The van der Waals surface area contributed by atoms with Crippen molar-refractivity contribution in [3.05, 3.63) is 48.6 Å². The molecule has 6 unspecified atom stereocenters. The Labute approximate surface area is 312 Å². The zero-order chi connectivity index (χ0) is 40.0. The van der Waals surface area contributed by atoms with Crippen molar-refractivity contribution in [1.29, 1.82) is 0 Å². The first-order valence-corrected chi connectivity index (χ1v) is 18.5. The summed E-state index contributed by atoms with van der Waals surface area (Å²) in [6.45, 7) is 18.1. The van der Waals surface area contributed by atoms with E-state index in [1.165, 1.54) is 33.7 Å². The normalized spacial score (nSPS) is 14.8. The first-order valence-electron chi connectivity index (χ1n) is 18.5. The summed E-state index contributed by atoms with van der Waals surface area (Å²) in [5, 5.41) is 2.87. The van der Waals surface area contributed by atoms with E-state index < -0.39 is 53.8 Å². The standard InChI is InChI=1S/C40H66N6O6/c1-14-15-16-18-21-28(8)37(49)46(13)34(27(6)7)40(52)45(12)33(26(4)5)36(48)42-32(25(2)3)39(51)43(10)29(9)38(50)44(11)31(35(41)47)24-30-22-19-17-20-23-30/h14,17,19-20,22-23,25-29,31-34H,1,15-16,18,21,24H2,2-13H3,(H2,41,47)(H,42,48). The number of nitrogens with two attached hydrogens (primary N) is 1. The minimum absolute atomic E-state index is 0.130. The molecule has 0 spiro atoms. The molecule has 52 heavy (non-hydrogen) atoms. The van der Waals surface area contributed by atoms with Crippen LogP contribution in [0.2, 0.25) is 0 Å². The molecule has 292 valence electrons. The average Bonchev–Trinajstić information content (AvgIpc) is 3.09. The van der Waals surface area contributed by atoms with Crippen molar-refractivity contribution in [3.63, 3.8) is 0 Å². The number of carbonyl (C=O) groups excluding carboxylic acids is 6. The van der Waals surface area contributed by atoms with Gasteiger partial charge in [-0.05, 0) is 49.5 Å². The van der Waals surface area contributed by atoms with Gasteiger partial charge in [0.15, 0.2) is 0 Å². The molecule has 3 N–H and O–H groups in total. The number of hydrogen-bond acceptors (Lipinski definition) is 6. The molecule has 0 bridgehead atoms. The molecule has 12 heteroatoms. The van der Waals surface area contributed by atoms with E-state index in [-0.39, 0.29) is 41.9 Å². The van der Waals surface area contributed by atoms with Gasteiger partial charge in [0.25, 0.3) is 0 Å². The number of amides is 6. The Morgan fingerprint density at radius 2 is 1.23 bits per heavy atom. The van der Waals surface area contributed by atoms with Crippen LogP contribution in [-0.2, 0) is 35.2 Å². The maximum Gasteiger partial charge on any atom is 0.246 e. The lowest BCUT2D eigenvalue weighted by Crippen LogP contribution is -2.61. The van der Waals surface area contributed by atoms with E-state index in [4.69, 9.17) is 5.73 Å². The predicted octanol–water partition coefficient (Wildman–Crippen LogP) is 3.88. The highest BCUT2D eigenvalue weighted by atomic mass is 16.2. The SMILES string of the molecule is C=CCCCCC(C)C(=O)N(C)C(C(=O)N(C)C(C(=O)NC(C(=O)N(C)C(C)C(=O)N(C)C(Cc1ccccc1)C(N)=O)C(C)C)C(C)C)C(C)C. The molecule has 0 saturated carbocycles. The molecule has 0 aromatic heterocycles. The van der Waals surface area contributed by atoms with Gasteiger partial charge >= 0.3 is 0 Å². The van der Waals surface area contributed by atoms with Crippen molar-refractivity contribution in [3.8, 4) is 0 Å². The Bertz CT molecular complexity index is 1370. The summed E-state index contributed by atoms with van der Waals surface area (Å²) < 4.78 is 0. The summed E-state index contributed by atoms with van der Waals surface area (Å²) in [4.78, 5) is 86.9. The number of benzene rings is 1. The number of rotatable bonds is 21. The van der Waals surface area contributed by atoms with E-state index in [1.807, 2.05) is 71.0 Å². The number of allylic oxidation sites excluding steroid dienone is 1. The zero-order valence-electron chi connectivity index (χ0n) is 33.7. The number of unbranched alkanes of at least 4 members (excludes halogenated alkanes) is 2. The molecule has 6 atom stereocenters. The fourth-order valence-corrected chi connectivity index (χ4v) is 6.56. The van der Waals surface area contributed by atoms with Crippen LogP contribution >= 0.6 is 0 Å². The van der Waals surface area contributed by atoms with Gasteiger partial charge in [-0.15, -0.1) is 6.58 Å². The molecule has 1 aromatic rings.